The smallest absolute Gasteiger partial charge is 0.217 e. The molecule has 1 aliphatic heterocycles. The van der Waals surface area contributed by atoms with Crippen molar-refractivity contribution in [2.75, 3.05) is 9.80 Å². The minimum atomic E-state index is 0.150. The molecule has 0 spiro atoms. The molecule has 0 fully saturated rings. The number of nitrogens with zero attached hydrogens (tertiary/aromatic N) is 2. The lowest BCUT2D eigenvalue weighted by Crippen LogP contribution is -2.22. The van der Waals surface area contributed by atoms with Crippen molar-refractivity contribution in [3.05, 3.63) is 76.7 Å². The molecule has 0 saturated heterocycles. The lowest BCUT2D eigenvalue weighted by Gasteiger charge is -2.28. The van der Waals surface area contributed by atoms with Crippen molar-refractivity contribution in [1.29, 1.82) is 0 Å². The van der Waals surface area contributed by atoms with Gasteiger partial charge in [0.25, 0.3) is 0 Å². The van der Waals surface area contributed by atoms with E-state index in [-0.39, 0.29) is 10.8 Å². The second kappa shape index (κ2) is 7.23. The van der Waals surface area contributed by atoms with Gasteiger partial charge in [0.15, 0.2) is 0 Å². The van der Waals surface area contributed by atoms with E-state index in [0.717, 1.165) is 0 Å². The second-order valence-corrected chi connectivity index (χ2v) is 10.6. The van der Waals surface area contributed by atoms with Crippen molar-refractivity contribution in [2.45, 2.75) is 80.1 Å². The molecule has 29 heavy (non-hydrogen) atoms. The monoisotopic (exact) mass is 388 g/mol. The highest BCUT2D eigenvalue weighted by molar-refractivity contribution is 5.71. The molecule has 2 aromatic rings. The fourth-order valence-electron chi connectivity index (χ4n) is 4.10. The molecular formula is C27H36N2. The number of benzene rings is 2. The summed E-state index contributed by atoms with van der Waals surface area (Å²) in [5.41, 5.74) is 10.6. The maximum absolute atomic E-state index is 3.56. The Balaban J connectivity index is 1.92. The summed E-state index contributed by atoms with van der Waals surface area (Å²) in [5, 5.41) is 0. The molecule has 2 radical (unpaired) electrons. The molecule has 2 nitrogen and oxygen atoms in total. The van der Waals surface area contributed by atoms with Crippen molar-refractivity contribution in [3.8, 4) is 0 Å². The van der Waals surface area contributed by atoms with Gasteiger partial charge in [-0.3, -0.25) is 0 Å². The summed E-state index contributed by atoms with van der Waals surface area (Å²) >= 11 is 0. The van der Waals surface area contributed by atoms with Crippen LogP contribution in [-0.4, -0.2) is 0 Å². The third-order valence-corrected chi connectivity index (χ3v) is 5.78. The van der Waals surface area contributed by atoms with Crippen LogP contribution in [-0.2, 0) is 10.8 Å². The first-order valence-electron chi connectivity index (χ1n) is 10.6. The van der Waals surface area contributed by atoms with Gasteiger partial charge >= 0.3 is 0 Å². The molecule has 0 unspecified atom stereocenters. The van der Waals surface area contributed by atoms with Crippen LogP contribution in [0.4, 0.5) is 11.4 Å². The average molecular weight is 389 g/mol. The molecule has 2 heteroatoms. The average Bonchev–Trinajstić information content (AvgIpc) is 3.00. The third-order valence-electron chi connectivity index (χ3n) is 5.78. The summed E-state index contributed by atoms with van der Waals surface area (Å²) in [6.45, 7) is 26.0. The highest BCUT2D eigenvalue weighted by Gasteiger charge is 2.25. The van der Waals surface area contributed by atoms with E-state index in [1.807, 2.05) is 0 Å². The largest absolute Gasteiger partial charge is 0.315 e. The van der Waals surface area contributed by atoms with E-state index in [1.54, 1.807) is 0 Å². The Morgan fingerprint density at radius 1 is 0.552 bits per heavy atom. The Morgan fingerprint density at radius 3 is 1.07 bits per heavy atom. The molecule has 2 aromatic carbocycles. The van der Waals surface area contributed by atoms with Crippen molar-refractivity contribution in [2.24, 2.45) is 0 Å². The van der Waals surface area contributed by atoms with Crippen molar-refractivity contribution >= 4 is 11.4 Å². The minimum Gasteiger partial charge on any atom is -0.315 e. The number of rotatable bonds is 2. The molecule has 1 aliphatic rings. The van der Waals surface area contributed by atoms with Gasteiger partial charge in [0.1, 0.15) is 0 Å². The van der Waals surface area contributed by atoms with E-state index in [1.165, 1.54) is 44.8 Å². The van der Waals surface area contributed by atoms with Crippen molar-refractivity contribution in [3.63, 3.8) is 0 Å². The van der Waals surface area contributed by atoms with E-state index in [9.17, 15) is 0 Å². The fourth-order valence-corrected chi connectivity index (χ4v) is 4.10. The Kier molecular flexibility index (Phi) is 5.36. The van der Waals surface area contributed by atoms with Crippen LogP contribution in [0.15, 0.2) is 36.7 Å². The third kappa shape index (κ3) is 4.22. The van der Waals surface area contributed by atoms with Gasteiger partial charge in [0.05, 0.1) is 0 Å². The van der Waals surface area contributed by atoms with Gasteiger partial charge < -0.3 is 9.80 Å². The van der Waals surface area contributed by atoms with Crippen molar-refractivity contribution < 1.29 is 0 Å². The summed E-state index contributed by atoms with van der Waals surface area (Å²) in [5.74, 6) is 0. The maximum atomic E-state index is 3.56. The molecule has 0 bridgehead atoms. The normalized spacial score (nSPS) is 14.8. The Hall–Kier alpha value is -2.22. The summed E-state index contributed by atoms with van der Waals surface area (Å²) in [7, 11) is 0. The molecule has 0 aromatic heterocycles. The van der Waals surface area contributed by atoms with Crippen LogP contribution in [0, 0.1) is 34.4 Å². The molecule has 0 saturated carbocycles. The van der Waals surface area contributed by atoms with Crippen LogP contribution in [0.1, 0.15) is 74.9 Å². The number of anilines is 2. The topological polar surface area (TPSA) is 6.48 Å². The predicted molar refractivity (Wildman–Crippen MR) is 127 cm³/mol. The van der Waals surface area contributed by atoms with Gasteiger partial charge in [-0.25, -0.2) is 0 Å². The summed E-state index contributed by atoms with van der Waals surface area (Å²) in [6, 6.07) is 9.26. The minimum absolute atomic E-state index is 0.150. The molecule has 0 atom stereocenters. The number of aryl methyl sites for hydroxylation is 4. The molecule has 0 aliphatic carbocycles. The zero-order valence-corrected chi connectivity index (χ0v) is 19.9. The standard InChI is InChI=1S/C27H36N2/c1-18-13-22(26(5,6)7)14-19(2)24(18)28-11-12-29(17-28)25-20(3)15-23(16-21(25)4)27(8,9)10/h11-16H,1-10H3. The van der Waals surface area contributed by atoms with Crippen LogP contribution < -0.4 is 9.80 Å². The zero-order chi connectivity index (χ0) is 21.7. The first kappa shape index (κ1) is 21.5. The van der Waals surface area contributed by atoms with Gasteiger partial charge in [-0.2, -0.15) is 0 Å². The Morgan fingerprint density at radius 2 is 0.828 bits per heavy atom. The first-order chi connectivity index (χ1) is 13.3. The predicted octanol–water partition coefficient (Wildman–Crippen LogP) is 7.31. The van der Waals surface area contributed by atoms with Crippen LogP contribution >= 0.6 is 0 Å². The summed E-state index contributed by atoms with van der Waals surface area (Å²) in [6.07, 6.45) is 4.23. The zero-order valence-electron chi connectivity index (χ0n) is 19.9. The molecule has 154 valence electrons. The Labute approximate surface area is 178 Å². The van der Waals surface area contributed by atoms with Crippen LogP contribution in [0.3, 0.4) is 0 Å². The van der Waals surface area contributed by atoms with Gasteiger partial charge in [-0.15, -0.1) is 0 Å². The van der Waals surface area contributed by atoms with Crippen molar-refractivity contribution in [1.82, 2.24) is 0 Å². The molecular weight excluding hydrogens is 352 g/mol. The van der Waals surface area contributed by atoms with Gasteiger partial charge in [-0.1, -0.05) is 65.8 Å². The molecule has 0 amide bonds. The highest BCUT2D eigenvalue weighted by atomic mass is 15.3. The van der Waals surface area contributed by atoms with E-state index in [2.05, 4.69) is 122 Å². The number of hydrogen-bond donors (Lipinski definition) is 0. The molecule has 1 heterocycles. The summed E-state index contributed by atoms with van der Waals surface area (Å²) in [4.78, 5) is 4.27. The van der Waals surface area contributed by atoms with Crippen LogP contribution in [0.5, 0.6) is 0 Å². The van der Waals surface area contributed by atoms with E-state index in [4.69, 9.17) is 0 Å². The van der Waals surface area contributed by atoms with E-state index >= 15 is 0 Å². The number of hydrogen-bond acceptors (Lipinski definition) is 2. The van der Waals surface area contributed by atoms with Crippen LogP contribution in [0.25, 0.3) is 0 Å². The van der Waals surface area contributed by atoms with Crippen LogP contribution in [0.2, 0.25) is 0 Å². The van der Waals surface area contributed by atoms with E-state index in [0.29, 0.717) is 0 Å². The molecule has 0 N–H and O–H groups in total. The van der Waals surface area contributed by atoms with Gasteiger partial charge in [0, 0.05) is 23.8 Å². The lowest BCUT2D eigenvalue weighted by molar-refractivity contribution is 0.589. The SMILES string of the molecule is Cc1cc(C(C)(C)C)cc(C)c1N1[C]N(c2c(C)cc(C(C)(C)C)cc2C)C=C1. The Bertz CT molecular complexity index is 828. The van der Waals surface area contributed by atoms with Gasteiger partial charge in [0.2, 0.25) is 6.67 Å². The first-order valence-corrected chi connectivity index (χ1v) is 10.6. The highest BCUT2D eigenvalue weighted by Crippen LogP contribution is 2.38. The maximum Gasteiger partial charge on any atom is 0.217 e. The second-order valence-electron chi connectivity index (χ2n) is 10.6. The lowest BCUT2D eigenvalue weighted by atomic mass is 9.84. The molecule has 3 rings (SSSR count). The summed E-state index contributed by atoms with van der Waals surface area (Å²) < 4.78 is 0. The quantitative estimate of drug-likeness (QED) is 0.532. The fraction of sp³-hybridized carbons (Fsp3) is 0.444. The van der Waals surface area contributed by atoms with E-state index < -0.39 is 0 Å². The van der Waals surface area contributed by atoms with Gasteiger partial charge in [-0.05, 0) is 71.9 Å².